The molecule has 0 spiro atoms. The first-order chi connectivity index (χ1) is 9.85. The molecule has 0 aromatic rings. The first-order valence-corrected chi connectivity index (χ1v) is 9.46. The highest BCUT2D eigenvalue weighted by Crippen LogP contribution is 2.21. The van der Waals surface area contributed by atoms with E-state index in [1.165, 1.54) is 89.9 Å². The molecule has 0 bridgehead atoms. The fraction of sp³-hybridized carbons (Fsp3) is 1.00. The monoisotopic (exact) mass is 284 g/mol. The highest BCUT2D eigenvalue weighted by Gasteiger charge is 2.07. The molecule has 0 aromatic heterocycles. The quantitative estimate of drug-likeness (QED) is 0.321. The molecule has 0 aliphatic rings. The second-order valence-corrected chi connectivity index (χ2v) is 6.49. The molecule has 0 radical (unpaired) electrons. The van der Waals surface area contributed by atoms with E-state index in [4.69, 9.17) is 5.11 Å². The molecule has 122 valence electrons. The molecule has 20 heavy (non-hydrogen) atoms. The van der Waals surface area contributed by atoms with Crippen LogP contribution >= 0.6 is 0 Å². The Morgan fingerprint density at radius 3 is 1.40 bits per heavy atom. The Kier molecular flexibility index (Phi) is 17.0. The van der Waals surface area contributed by atoms with Gasteiger partial charge in [0.25, 0.3) is 0 Å². The lowest BCUT2D eigenvalue weighted by Crippen LogP contribution is -2.03. The van der Waals surface area contributed by atoms with Crippen LogP contribution in [0.1, 0.15) is 110 Å². The van der Waals surface area contributed by atoms with Crippen molar-refractivity contribution in [2.24, 2.45) is 5.92 Å². The molecule has 1 unspecified atom stereocenters. The van der Waals surface area contributed by atoms with E-state index in [1.807, 2.05) is 0 Å². The van der Waals surface area contributed by atoms with Gasteiger partial charge in [0.05, 0.1) is 0 Å². The summed E-state index contributed by atoms with van der Waals surface area (Å²) in [6.07, 6.45) is 20.4. The summed E-state index contributed by atoms with van der Waals surface area (Å²) in [7, 11) is 0. The molecule has 0 amide bonds. The number of aliphatic hydroxyl groups is 1. The summed E-state index contributed by atoms with van der Waals surface area (Å²) in [6, 6.07) is 0. The molecule has 1 nitrogen and oxygen atoms in total. The molecule has 0 aliphatic carbocycles. The summed E-state index contributed by atoms with van der Waals surface area (Å²) in [6.45, 7) is 4.93. The number of hydrogen-bond donors (Lipinski definition) is 1. The van der Waals surface area contributed by atoms with E-state index < -0.39 is 0 Å². The van der Waals surface area contributed by atoms with Gasteiger partial charge in [-0.2, -0.15) is 0 Å². The number of rotatable bonds is 16. The molecule has 0 rings (SSSR count). The highest BCUT2D eigenvalue weighted by atomic mass is 16.3. The Hall–Kier alpha value is -0.0400. The summed E-state index contributed by atoms with van der Waals surface area (Å²) in [5.74, 6) is 0.789. The lowest BCUT2D eigenvalue weighted by molar-refractivity contribution is 0.241. The lowest BCUT2D eigenvalue weighted by Gasteiger charge is -2.15. The van der Waals surface area contributed by atoms with Crippen LogP contribution in [0.5, 0.6) is 0 Å². The predicted molar refractivity (Wildman–Crippen MR) is 91.2 cm³/mol. The maximum absolute atomic E-state index is 9.16. The third kappa shape index (κ3) is 14.4. The van der Waals surface area contributed by atoms with E-state index in [0.717, 1.165) is 12.3 Å². The first kappa shape index (κ1) is 20.0. The van der Waals surface area contributed by atoms with Gasteiger partial charge in [-0.3, -0.25) is 0 Å². The maximum Gasteiger partial charge on any atom is 0.0433 e. The first-order valence-electron chi connectivity index (χ1n) is 9.46. The molecule has 0 fully saturated rings. The van der Waals surface area contributed by atoms with Crippen molar-refractivity contribution in [2.75, 3.05) is 6.61 Å². The summed E-state index contributed by atoms with van der Waals surface area (Å²) in [4.78, 5) is 0. The van der Waals surface area contributed by atoms with Gasteiger partial charge in [0, 0.05) is 6.61 Å². The minimum atomic E-state index is 0.384. The van der Waals surface area contributed by atoms with E-state index in [-0.39, 0.29) is 0 Å². The smallest absolute Gasteiger partial charge is 0.0433 e. The van der Waals surface area contributed by atoms with Gasteiger partial charge >= 0.3 is 0 Å². The Morgan fingerprint density at radius 1 is 0.550 bits per heavy atom. The lowest BCUT2D eigenvalue weighted by atomic mass is 9.92. The average Bonchev–Trinajstić information content (AvgIpc) is 2.46. The fourth-order valence-electron chi connectivity index (χ4n) is 3.04. The van der Waals surface area contributed by atoms with Crippen molar-refractivity contribution in [1.29, 1.82) is 0 Å². The fourth-order valence-corrected chi connectivity index (χ4v) is 3.04. The van der Waals surface area contributed by atoms with E-state index in [0.29, 0.717) is 6.61 Å². The third-order valence-corrected chi connectivity index (χ3v) is 4.47. The second kappa shape index (κ2) is 17.0. The van der Waals surface area contributed by atoms with Crippen LogP contribution in [0.3, 0.4) is 0 Å². The minimum Gasteiger partial charge on any atom is -0.396 e. The van der Waals surface area contributed by atoms with Crippen molar-refractivity contribution >= 4 is 0 Å². The van der Waals surface area contributed by atoms with Gasteiger partial charge in [0.15, 0.2) is 0 Å². The second-order valence-electron chi connectivity index (χ2n) is 6.49. The summed E-state index contributed by atoms with van der Waals surface area (Å²) in [5, 5.41) is 9.16. The van der Waals surface area contributed by atoms with Crippen LogP contribution in [0.2, 0.25) is 0 Å². The zero-order valence-electron chi connectivity index (χ0n) is 14.3. The van der Waals surface area contributed by atoms with Crippen molar-refractivity contribution in [3.63, 3.8) is 0 Å². The average molecular weight is 285 g/mol. The van der Waals surface area contributed by atoms with Gasteiger partial charge in [0.2, 0.25) is 0 Å². The molecule has 1 N–H and O–H groups in total. The predicted octanol–water partition coefficient (Wildman–Crippen LogP) is 6.49. The number of unbranched alkanes of at least 4 members (excludes halogenated alkanes) is 10. The normalized spacial score (nSPS) is 12.8. The Labute approximate surface area is 128 Å². The molecule has 0 aliphatic heterocycles. The number of hydrogen-bond acceptors (Lipinski definition) is 1. The van der Waals surface area contributed by atoms with Crippen LogP contribution in [-0.2, 0) is 0 Å². The van der Waals surface area contributed by atoms with Crippen molar-refractivity contribution in [3.8, 4) is 0 Å². The SMILES string of the molecule is CCCCCCCCCCC(CCO)CCCCCC. The molecule has 1 heteroatoms. The minimum absolute atomic E-state index is 0.384. The van der Waals surface area contributed by atoms with Gasteiger partial charge in [0.1, 0.15) is 0 Å². The van der Waals surface area contributed by atoms with Crippen LogP contribution in [0.25, 0.3) is 0 Å². The third-order valence-electron chi connectivity index (χ3n) is 4.47. The summed E-state index contributed by atoms with van der Waals surface area (Å²) >= 11 is 0. The van der Waals surface area contributed by atoms with Crippen LogP contribution in [0, 0.1) is 5.92 Å². The van der Waals surface area contributed by atoms with Crippen LogP contribution in [0.4, 0.5) is 0 Å². The standard InChI is InChI=1S/C19H40O/c1-3-5-7-9-10-11-12-14-16-19(17-18-20)15-13-8-6-4-2/h19-20H,3-18H2,1-2H3. The van der Waals surface area contributed by atoms with Crippen LogP contribution in [0.15, 0.2) is 0 Å². The maximum atomic E-state index is 9.16. The van der Waals surface area contributed by atoms with Gasteiger partial charge in [-0.25, -0.2) is 0 Å². The zero-order chi connectivity index (χ0) is 14.9. The van der Waals surface area contributed by atoms with E-state index in [2.05, 4.69) is 13.8 Å². The van der Waals surface area contributed by atoms with E-state index in [9.17, 15) is 0 Å². The molecular formula is C19H40O. The molecule has 0 aromatic carbocycles. The summed E-state index contributed by atoms with van der Waals surface area (Å²) < 4.78 is 0. The molecular weight excluding hydrogens is 244 g/mol. The van der Waals surface area contributed by atoms with Gasteiger partial charge < -0.3 is 5.11 Å². The van der Waals surface area contributed by atoms with Crippen LogP contribution < -0.4 is 0 Å². The van der Waals surface area contributed by atoms with Gasteiger partial charge in [-0.1, -0.05) is 104 Å². The zero-order valence-corrected chi connectivity index (χ0v) is 14.3. The van der Waals surface area contributed by atoms with Crippen molar-refractivity contribution in [2.45, 2.75) is 110 Å². The van der Waals surface area contributed by atoms with Crippen molar-refractivity contribution in [1.82, 2.24) is 0 Å². The molecule has 0 saturated heterocycles. The molecule has 0 heterocycles. The van der Waals surface area contributed by atoms with Crippen molar-refractivity contribution < 1.29 is 5.11 Å². The Balaban J connectivity index is 3.40. The molecule has 0 saturated carbocycles. The number of aliphatic hydroxyl groups excluding tert-OH is 1. The molecule has 1 atom stereocenters. The van der Waals surface area contributed by atoms with Gasteiger partial charge in [-0.05, 0) is 12.3 Å². The highest BCUT2D eigenvalue weighted by molar-refractivity contribution is 4.60. The van der Waals surface area contributed by atoms with Crippen LogP contribution in [-0.4, -0.2) is 11.7 Å². The Morgan fingerprint density at radius 2 is 0.950 bits per heavy atom. The Bertz CT molecular complexity index is 167. The largest absolute Gasteiger partial charge is 0.396 e. The van der Waals surface area contributed by atoms with E-state index in [1.54, 1.807) is 0 Å². The van der Waals surface area contributed by atoms with Gasteiger partial charge in [-0.15, -0.1) is 0 Å². The van der Waals surface area contributed by atoms with E-state index >= 15 is 0 Å². The topological polar surface area (TPSA) is 20.2 Å². The summed E-state index contributed by atoms with van der Waals surface area (Å²) in [5.41, 5.74) is 0. The van der Waals surface area contributed by atoms with Crippen molar-refractivity contribution in [3.05, 3.63) is 0 Å².